The molecule has 1 heterocycles. The number of benzene rings is 6. The Morgan fingerprint density at radius 3 is 1.39 bits per heavy atom. The minimum atomic E-state index is 0.726. The lowest BCUT2D eigenvalue weighted by Crippen LogP contribution is -1.96. The lowest BCUT2D eigenvalue weighted by molar-refractivity contribution is 1.18. The molecule has 0 saturated carbocycles. The van der Waals surface area contributed by atoms with Crippen LogP contribution in [0.25, 0.3) is 66.6 Å². The highest BCUT2D eigenvalue weighted by Gasteiger charge is 2.12. The molecule has 178 valence electrons. The van der Waals surface area contributed by atoms with Crippen LogP contribution >= 0.6 is 0 Å². The van der Waals surface area contributed by atoms with E-state index in [1.54, 1.807) is 0 Å². The van der Waals surface area contributed by atoms with Gasteiger partial charge in [-0.3, -0.25) is 0 Å². The van der Waals surface area contributed by atoms with Gasteiger partial charge < -0.3 is 0 Å². The van der Waals surface area contributed by atoms with Crippen molar-refractivity contribution in [1.29, 1.82) is 0 Å². The Labute approximate surface area is 221 Å². The number of hydrogen-bond acceptors (Lipinski definition) is 2. The zero-order valence-electron chi connectivity index (χ0n) is 20.8. The van der Waals surface area contributed by atoms with Crippen LogP contribution in [0.2, 0.25) is 0 Å². The zero-order valence-corrected chi connectivity index (χ0v) is 20.8. The van der Waals surface area contributed by atoms with Gasteiger partial charge in [0.15, 0.2) is 5.82 Å². The lowest BCUT2D eigenvalue weighted by atomic mass is 10.0. The third-order valence-electron chi connectivity index (χ3n) is 7.07. The third kappa shape index (κ3) is 4.23. The molecular formula is C36H24N2. The highest BCUT2D eigenvalue weighted by Crippen LogP contribution is 2.31. The van der Waals surface area contributed by atoms with E-state index in [1.807, 2.05) is 6.07 Å². The summed E-state index contributed by atoms with van der Waals surface area (Å²) in [6.07, 6.45) is 0. The molecule has 0 aliphatic rings. The van der Waals surface area contributed by atoms with Crippen LogP contribution in [0.3, 0.4) is 0 Å². The summed E-state index contributed by atoms with van der Waals surface area (Å²) < 4.78 is 0. The van der Waals surface area contributed by atoms with Crippen molar-refractivity contribution in [3.8, 4) is 45.0 Å². The summed E-state index contributed by atoms with van der Waals surface area (Å²) in [5.41, 5.74) is 7.37. The molecule has 0 amide bonds. The largest absolute Gasteiger partial charge is 0.228 e. The van der Waals surface area contributed by atoms with Gasteiger partial charge in [0.05, 0.1) is 11.4 Å². The number of hydrogen-bond donors (Lipinski definition) is 0. The SMILES string of the molecule is c1ccc(-c2ccc(-c3cc(-c4ccc5ccccc5c4)nc(-c4ccc5ccccc5c4)n3)cc2)cc1. The number of fused-ring (bicyclic) bond motifs is 2. The summed E-state index contributed by atoms with van der Waals surface area (Å²) in [4.78, 5) is 10.1. The van der Waals surface area contributed by atoms with Crippen molar-refractivity contribution < 1.29 is 0 Å². The van der Waals surface area contributed by atoms with Gasteiger partial charge >= 0.3 is 0 Å². The van der Waals surface area contributed by atoms with Crippen molar-refractivity contribution in [1.82, 2.24) is 9.97 Å². The normalized spacial score (nSPS) is 11.2. The Morgan fingerprint density at radius 2 is 0.737 bits per heavy atom. The smallest absolute Gasteiger partial charge is 0.160 e. The molecule has 6 aromatic carbocycles. The predicted octanol–water partition coefficient (Wildman–Crippen LogP) is 9.45. The fourth-order valence-corrected chi connectivity index (χ4v) is 5.01. The Hall–Kier alpha value is -5.08. The van der Waals surface area contributed by atoms with Crippen LogP contribution in [-0.2, 0) is 0 Å². The molecule has 38 heavy (non-hydrogen) atoms. The molecule has 0 fully saturated rings. The van der Waals surface area contributed by atoms with E-state index in [0.29, 0.717) is 0 Å². The van der Waals surface area contributed by atoms with Gasteiger partial charge in [0.25, 0.3) is 0 Å². The van der Waals surface area contributed by atoms with Crippen molar-refractivity contribution in [3.63, 3.8) is 0 Å². The van der Waals surface area contributed by atoms with Crippen molar-refractivity contribution in [2.24, 2.45) is 0 Å². The summed E-state index contributed by atoms with van der Waals surface area (Å²) in [6, 6.07) is 51.0. The quantitative estimate of drug-likeness (QED) is 0.249. The van der Waals surface area contributed by atoms with E-state index in [0.717, 1.165) is 33.9 Å². The molecule has 7 rings (SSSR count). The van der Waals surface area contributed by atoms with Crippen molar-refractivity contribution in [2.75, 3.05) is 0 Å². The molecule has 0 N–H and O–H groups in total. The number of aromatic nitrogens is 2. The molecule has 0 aliphatic carbocycles. The second-order valence-corrected chi connectivity index (χ2v) is 9.53. The summed E-state index contributed by atoms with van der Waals surface area (Å²) in [7, 11) is 0. The monoisotopic (exact) mass is 484 g/mol. The Bertz CT molecular complexity index is 1810. The summed E-state index contributed by atoms with van der Waals surface area (Å²) in [5, 5.41) is 4.80. The molecular weight excluding hydrogens is 460 g/mol. The Balaban J connectivity index is 1.38. The van der Waals surface area contributed by atoms with Gasteiger partial charge in [0, 0.05) is 16.7 Å². The molecule has 0 radical (unpaired) electrons. The first kappa shape index (κ1) is 22.1. The molecule has 0 atom stereocenters. The minimum absolute atomic E-state index is 0.726. The Kier molecular flexibility index (Phi) is 5.49. The summed E-state index contributed by atoms with van der Waals surface area (Å²) >= 11 is 0. The van der Waals surface area contributed by atoms with E-state index in [9.17, 15) is 0 Å². The maximum Gasteiger partial charge on any atom is 0.160 e. The van der Waals surface area contributed by atoms with Gasteiger partial charge in [-0.05, 0) is 50.9 Å². The van der Waals surface area contributed by atoms with Gasteiger partial charge in [-0.25, -0.2) is 9.97 Å². The van der Waals surface area contributed by atoms with Crippen LogP contribution in [-0.4, -0.2) is 9.97 Å². The first-order chi connectivity index (χ1) is 18.8. The van der Waals surface area contributed by atoms with Gasteiger partial charge in [-0.15, -0.1) is 0 Å². The zero-order chi connectivity index (χ0) is 25.3. The highest BCUT2D eigenvalue weighted by molar-refractivity contribution is 5.89. The van der Waals surface area contributed by atoms with Crippen LogP contribution in [0.5, 0.6) is 0 Å². The molecule has 7 aromatic rings. The second-order valence-electron chi connectivity index (χ2n) is 9.53. The second kappa shape index (κ2) is 9.42. The van der Waals surface area contributed by atoms with Gasteiger partial charge in [0.1, 0.15) is 0 Å². The fraction of sp³-hybridized carbons (Fsp3) is 0. The van der Waals surface area contributed by atoms with Crippen LogP contribution in [0.4, 0.5) is 0 Å². The summed E-state index contributed by atoms with van der Waals surface area (Å²) in [6.45, 7) is 0. The predicted molar refractivity (Wildman–Crippen MR) is 159 cm³/mol. The molecule has 1 aromatic heterocycles. The van der Waals surface area contributed by atoms with E-state index < -0.39 is 0 Å². The fourth-order valence-electron chi connectivity index (χ4n) is 5.01. The van der Waals surface area contributed by atoms with Crippen molar-refractivity contribution in [3.05, 3.63) is 146 Å². The van der Waals surface area contributed by atoms with E-state index in [2.05, 4.69) is 140 Å². The first-order valence-electron chi connectivity index (χ1n) is 12.8. The Morgan fingerprint density at radius 1 is 0.289 bits per heavy atom. The number of rotatable bonds is 4. The average Bonchev–Trinajstić information content (AvgIpc) is 3.01. The molecule has 0 bridgehead atoms. The topological polar surface area (TPSA) is 25.8 Å². The van der Waals surface area contributed by atoms with Crippen LogP contribution < -0.4 is 0 Å². The van der Waals surface area contributed by atoms with E-state index in [4.69, 9.17) is 9.97 Å². The van der Waals surface area contributed by atoms with Crippen LogP contribution in [0, 0.1) is 0 Å². The standard InChI is InChI=1S/C36H24N2/c1-2-8-25(9-3-1)28-14-18-29(19-15-28)34-24-35(32-20-16-26-10-4-6-12-30(26)22-32)38-36(37-34)33-21-17-27-11-5-7-13-31(27)23-33/h1-24H. The first-order valence-corrected chi connectivity index (χ1v) is 12.8. The van der Waals surface area contributed by atoms with E-state index in [1.165, 1.54) is 32.7 Å². The molecule has 2 nitrogen and oxygen atoms in total. The number of nitrogens with zero attached hydrogens (tertiary/aromatic N) is 2. The van der Waals surface area contributed by atoms with Gasteiger partial charge in [-0.1, -0.05) is 127 Å². The van der Waals surface area contributed by atoms with Crippen LogP contribution in [0.1, 0.15) is 0 Å². The molecule has 2 heteroatoms. The molecule has 0 unspecified atom stereocenters. The van der Waals surface area contributed by atoms with E-state index >= 15 is 0 Å². The summed E-state index contributed by atoms with van der Waals surface area (Å²) in [5.74, 6) is 0.726. The molecule has 0 saturated heterocycles. The van der Waals surface area contributed by atoms with Gasteiger partial charge in [0.2, 0.25) is 0 Å². The van der Waals surface area contributed by atoms with Gasteiger partial charge in [-0.2, -0.15) is 0 Å². The van der Waals surface area contributed by atoms with Crippen molar-refractivity contribution >= 4 is 21.5 Å². The lowest BCUT2D eigenvalue weighted by Gasteiger charge is -2.11. The van der Waals surface area contributed by atoms with Crippen LogP contribution in [0.15, 0.2) is 146 Å². The van der Waals surface area contributed by atoms with Crippen molar-refractivity contribution in [2.45, 2.75) is 0 Å². The minimum Gasteiger partial charge on any atom is -0.228 e. The maximum absolute atomic E-state index is 5.07. The molecule has 0 aliphatic heterocycles. The third-order valence-corrected chi connectivity index (χ3v) is 7.07. The average molecular weight is 485 g/mol. The maximum atomic E-state index is 5.07. The molecule has 0 spiro atoms. The highest BCUT2D eigenvalue weighted by atomic mass is 14.9. The van der Waals surface area contributed by atoms with E-state index in [-0.39, 0.29) is 0 Å².